The number of nitriles is 1. The molecule has 3 atom stereocenters. The van der Waals surface area contributed by atoms with Crippen LogP contribution in [0.25, 0.3) is 27.5 Å². The molecule has 16 heteroatoms. The van der Waals surface area contributed by atoms with Gasteiger partial charge in [-0.3, -0.25) is 4.98 Å². The Morgan fingerprint density at radius 2 is 1.81 bits per heavy atom. The number of piperazine rings is 1. The van der Waals surface area contributed by atoms with Crippen LogP contribution in [0, 0.1) is 23.2 Å². The number of rotatable bonds is 7. The molecule has 2 aliphatic heterocycles. The number of piperidine rings is 1. The van der Waals surface area contributed by atoms with Crippen molar-refractivity contribution < 1.29 is 13.2 Å². The van der Waals surface area contributed by atoms with Crippen molar-refractivity contribution >= 4 is 43.7 Å². The lowest BCUT2D eigenvalue weighted by Gasteiger charge is -2.40. The lowest BCUT2D eigenvalue weighted by Crippen LogP contribution is -2.58. The zero-order valence-electron chi connectivity index (χ0n) is 26.5. The molecule has 2 bridgehead atoms. The molecule has 4 aromatic heterocycles. The quantitative estimate of drug-likeness (QED) is 0.297. The van der Waals surface area contributed by atoms with Crippen LogP contribution in [0.5, 0.6) is 0 Å². The van der Waals surface area contributed by atoms with Gasteiger partial charge in [0.25, 0.3) is 0 Å². The van der Waals surface area contributed by atoms with Crippen molar-refractivity contribution in [2.24, 2.45) is 11.8 Å². The van der Waals surface area contributed by atoms with Gasteiger partial charge < -0.3 is 20.4 Å². The van der Waals surface area contributed by atoms with E-state index in [1.807, 2.05) is 24.4 Å². The number of aromatic nitrogens is 5. The van der Waals surface area contributed by atoms with E-state index < -0.39 is 10.0 Å². The first-order valence-corrected chi connectivity index (χ1v) is 18.5. The zero-order valence-corrected chi connectivity index (χ0v) is 28.1. The molecule has 246 valence electrons. The predicted octanol–water partition coefficient (Wildman–Crippen LogP) is 3.11. The zero-order chi connectivity index (χ0) is 32.9. The molecule has 1 aliphatic carbocycles. The molecule has 3 fully saturated rings. The fourth-order valence-electron chi connectivity index (χ4n) is 6.97. The van der Waals surface area contributed by atoms with Gasteiger partial charge in [-0.15, -0.1) is 10.2 Å². The summed E-state index contributed by atoms with van der Waals surface area (Å²) in [7, 11) is -3.25. The third-order valence-electron chi connectivity index (χ3n) is 9.27. The first-order chi connectivity index (χ1) is 22.6. The van der Waals surface area contributed by atoms with Gasteiger partial charge in [0.15, 0.2) is 5.01 Å². The summed E-state index contributed by atoms with van der Waals surface area (Å²) < 4.78 is 26.9. The number of pyridine rings is 1. The summed E-state index contributed by atoms with van der Waals surface area (Å²) in [4.78, 5) is 21.9. The van der Waals surface area contributed by atoms with Gasteiger partial charge in [0.1, 0.15) is 6.07 Å². The average Bonchev–Trinajstić information content (AvgIpc) is 3.76. The molecule has 1 saturated carbocycles. The van der Waals surface area contributed by atoms with Gasteiger partial charge >= 0.3 is 6.03 Å². The van der Waals surface area contributed by atoms with Crippen LogP contribution in [0.3, 0.4) is 0 Å². The standard InChI is InChI=1S/C31H37N11O3S2/c1-19(2)35-25-13-26(27-7-6-23-12-20(14-32)15-34-42(23)27)33-16-24(25)29-37-38-31(46-29)40-17-21-4-5-22(18-40)28(21)36-30(43)39-8-10-41(11-9-39)47(3,44)45/h6-7,12-13,15-16,19,21-22,28H,4-5,8-11,17-18H2,1-3H3,(H,33,35)(H,36,43)/t21-,22+,28-. The highest BCUT2D eigenvalue weighted by Crippen LogP contribution is 2.41. The highest BCUT2D eigenvalue weighted by molar-refractivity contribution is 7.88. The van der Waals surface area contributed by atoms with Crippen molar-refractivity contribution in [1.82, 2.24) is 39.3 Å². The third-order valence-corrected chi connectivity index (χ3v) is 11.6. The largest absolute Gasteiger partial charge is 0.382 e. The number of carbonyl (C=O) groups is 1. The van der Waals surface area contributed by atoms with E-state index in [0.717, 1.165) is 64.2 Å². The Balaban J connectivity index is 1.05. The lowest BCUT2D eigenvalue weighted by atomic mass is 9.92. The first kappa shape index (κ1) is 31.3. The van der Waals surface area contributed by atoms with Gasteiger partial charge in [0.05, 0.1) is 40.5 Å². The number of hydrogen-bond donors (Lipinski definition) is 2. The SMILES string of the molecule is CC(C)Nc1cc(-c2ccc3cc(C#N)cnn23)ncc1-c1nnc(N2C[C@H]3CC[C@@H](C2)[C@@H]3NC(=O)N2CCN(S(C)(=O)=O)CC2)s1. The van der Waals surface area contributed by atoms with Gasteiger partial charge in [0, 0.05) is 63.2 Å². The van der Waals surface area contributed by atoms with Crippen molar-refractivity contribution in [2.75, 3.05) is 55.7 Å². The Kier molecular flexibility index (Phi) is 8.23. The summed E-state index contributed by atoms with van der Waals surface area (Å²) in [6, 6.07) is 9.97. The van der Waals surface area contributed by atoms with Crippen LogP contribution in [0.2, 0.25) is 0 Å². The second kappa shape index (κ2) is 12.4. The molecule has 4 aromatic rings. The van der Waals surface area contributed by atoms with Crippen LogP contribution in [0.4, 0.5) is 15.6 Å². The minimum Gasteiger partial charge on any atom is -0.382 e. The summed E-state index contributed by atoms with van der Waals surface area (Å²) in [6.45, 7) is 7.19. The van der Waals surface area contributed by atoms with Gasteiger partial charge in [-0.1, -0.05) is 11.3 Å². The summed E-state index contributed by atoms with van der Waals surface area (Å²) >= 11 is 1.54. The predicted molar refractivity (Wildman–Crippen MR) is 180 cm³/mol. The van der Waals surface area contributed by atoms with E-state index in [2.05, 4.69) is 50.7 Å². The molecule has 0 spiro atoms. The normalized spacial score (nSPS) is 21.7. The van der Waals surface area contributed by atoms with E-state index >= 15 is 0 Å². The molecule has 0 radical (unpaired) electrons. The number of hydrogen-bond acceptors (Lipinski definition) is 11. The Morgan fingerprint density at radius 1 is 1.06 bits per heavy atom. The van der Waals surface area contributed by atoms with Crippen molar-refractivity contribution in [1.29, 1.82) is 5.26 Å². The molecule has 2 N–H and O–H groups in total. The molecule has 6 heterocycles. The van der Waals surface area contributed by atoms with E-state index in [1.165, 1.54) is 10.6 Å². The second-order valence-electron chi connectivity index (χ2n) is 12.8. The summed E-state index contributed by atoms with van der Waals surface area (Å²) in [5, 5.41) is 31.3. The number of carbonyl (C=O) groups excluding carboxylic acids is 1. The van der Waals surface area contributed by atoms with Crippen LogP contribution >= 0.6 is 11.3 Å². The van der Waals surface area contributed by atoms with Gasteiger partial charge in [0.2, 0.25) is 15.2 Å². The highest BCUT2D eigenvalue weighted by atomic mass is 32.2. The molecule has 3 aliphatic rings. The van der Waals surface area contributed by atoms with Crippen LogP contribution in [-0.2, 0) is 10.0 Å². The highest BCUT2D eigenvalue weighted by Gasteiger charge is 2.44. The number of fused-ring (bicyclic) bond motifs is 3. The van der Waals surface area contributed by atoms with Crippen molar-refractivity contribution in [3.63, 3.8) is 0 Å². The second-order valence-corrected chi connectivity index (χ2v) is 15.8. The number of urea groups is 1. The maximum Gasteiger partial charge on any atom is 0.317 e. The molecule has 14 nitrogen and oxygen atoms in total. The molecule has 0 aromatic carbocycles. The Bertz CT molecular complexity index is 1950. The van der Waals surface area contributed by atoms with E-state index in [9.17, 15) is 18.5 Å². The fourth-order valence-corrected chi connectivity index (χ4v) is 8.69. The van der Waals surface area contributed by atoms with Crippen molar-refractivity contribution in [3.05, 3.63) is 42.2 Å². The molecule has 2 amide bonds. The van der Waals surface area contributed by atoms with Crippen LogP contribution in [0.1, 0.15) is 32.3 Å². The fraction of sp³-hybridized carbons (Fsp3) is 0.484. The van der Waals surface area contributed by atoms with Crippen molar-refractivity contribution in [3.8, 4) is 28.0 Å². The third kappa shape index (κ3) is 6.22. The monoisotopic (exact) mass is 675 g/mol. The van der Waals surface area contributed by atoms with E-state index in [1.54, 1.807) is 33.0 Å². The molecular weight excluding hydrogens is 639 g/mol. The maximum atomic E-state index is 13.1. The van der Waals surface area contributed by atoms with Crippen molar-refractivity contribution in [2.45, 2.75) is 38.8 Å². The summed E-state index contributed by atoms with van der Waals surface area (Å²) in [6.07, 6.45) is 6.66. The number of nitrogens with one attached hydrogen (secondary N) is 2. The molecule has 2 saturated heterocycles. The van der Waals surface area contributed by atoms with Crippen LogP contribution in [-0.4, -0.2) is 106 Å². The average molecular weight is 676 g/mol. The Labute approximate surface area is 277 Å². The summed E-state index contributed by atoms with van der Waals surface area (Å²) in [5.41, 5.74) is 4.66. The smallest absolute Gasteiger partial charge is 0.317 e. The number of amides is 2. The summed E-state index contributed by atoms with van der Waals surface area (Å²) in [5.74, 6) is 0.604. The first-order valence-electron chi connectivity index (χ1n) is 15.8. The maximum absolute atomic E-state index is 13.1. The molecular formula is C31H37N11O3S2. The topological polar surface area (TPSA) is 165 Å². The van der Waals surface area contributed by atoms with E-state index in [-0.39, 0.29) is 18.1 Å². The van der Waals surface area contributed by atoms with Gasteiger partial charge in [-0.2, -0.15) is 14.7 Å². The Morgan fingerprint density at radius 3 is 2.49 bits per heavy atom. The van der Waals surface area contributed by atoms with Gasteiger partial charge in [-0.25, -0.2) is 17.7 Å². The minimum absolute atomic E-state index is 0.0868. The van der Waals surface area contributed by atoms with E-state index in [0.29, 0.717) is 43.6 Å². The lowest BCUT2D eigenvalue weighted by molar-refractivity contribution is 0.161. The minimum atomic E-state index is -3.25. The van der Waals surface area contributed by atoms with E-state index in [4.69, 9.17) is 4.98 Å². The molecule has 47 heavy (non-hydrogen) atoms. The Hall–Kier alpha value is -4.33. The van der Waals surface area contributed by atoms with Crippen LogP contribution < -0.4 is 15.5 Å². The number of nitrogens with zero attached hydrogens (tertiary/aromatic N) is 9. The number of anilines is 2. The molecule has 0 unspecified atom stereocenters. The molecule has 7 rings (SSSR count). The van der Waals surface area contributed by atoms with Gasteiger partial charge in [-0.05, 0) is 62.8 Å². The van der Waals surface area contributed by atoms with Crippen LogP contribution in [0.15, 0.2) is 36.7 Å². The number of sulfonamides is 1.